The molecule has 0 unspecified atom stereocenters. The van der Waals surface area contributed by atoms with Gasteiger partial charge in [0, 0.05) is 19.6 Å². The van der Waals surface area contributed by atoms with Crippen LogP contribution in [0.2, 0.25) is 10.0 Å². The van der Waals surface area contributed by atoms with E-state index in [-0.39, 0.29) is 28.8 Å². The molecule has 0 atom stereocenters. The molecule has 0 spiro atoms. The SMILES string of the molecule is COc1c(Cl)ccc(Cl)c1C(=O)NCCN1CCOCC1=O. The summed E-state index contributed by atoms with van der Waals surface area (Å²) >= 11 is 12.0. The van der Waals surface area contributed by atoms with Crippen LogP contribution in [0.4, 0.5) is 0 Å². The summed E-state index contributed by atoms with van der Waals surface area (Å²) in [5.74, 6) is -0.252. The lowest BCUT2D eigenvalue weighted by Gasteiger charge is -2.26. The molecule has 1 fully saturated rings. The van der Waals surface area contributed by atoms with E-state index in [1.54, 1.807) is 11.0 Å². The Morgan fingerprint density at radius 3 is 2.82 bits per heavy atom. The first-order chi connectivity index (χ1) is 10.5. The summed E-state index contributed by atoms with van der Waals surface area (Å²) in [6, 6.07) is 3.10. The molecule has 0 bridgehead atoms. The molecule has 6 nitrogen and oxygen atoms in total. The van der Waals surface area contributed by atoms with E-state index in [0.29, 0.717) is 31.3 Å². The Bertz CT molecular complexity index is 580. The van der Waals surface area contributed by atoms with Crippen LogP contribution in [-0.4, -0.2) is 56.7 Å². The lowest BCUT2D eigenvalue weighted by atomic mass is 10.2. The summed E-state index contributed by atoms with van der Waals surface area (Å²) < 4.78 is 10.2. The maximum Gasteiger partial charge on any atom is 0.256 e. The third kappa shape index (κ3) is 3.82. The third-order valence-corrected chi connectivity index (χ3v) is 3.85. The maximum atomic E-state index is 12.3. The highest BCUT2D eigenvalue weighted by molar-refractivity contribution is 6.37. The molecule has 120 valence electrons. The summed E-state index contributed by atoms with van der Waals surface area (Å²) in [5.41, 5.74) is 0.185. The van der Waals surface area contributed by atoms with Crippen LogP contribution in [-0.2, 0) is 9.53 Å². The molecule has 2 amide bonds. The molecule has 0 aromatic heterocycles. The molecule has 1 N–H and O–H groups in total. The van der Waals surface area contributed by atoms with E-state index in [1.807, 2.05) is 0 Å². The average Bonchev–Trinajstić information content (AvgIpc) is 2.51. The Kier molecular flexibility index (Phi) is 5.88. The quantitative estimate of drug-likeness (QED) is 0.878. The predicted molar refractivity (Wildman–Crippen MR) is 82.7 cm³/mol. The van der Waals surface area contributed by atoms with Crippen molar-refractivity contribution in [3.8, 4) is 5.75 Å². The fourth-order valence-electron chi connectivity index (χ4n) is 2.12. The zero-order valence-electron chi connectivity index (χ0n) is 12.0. The summed E-state index contributed by atoms with van der Waals surface area (Å²) in [6.07, 6.45) is 0. The fraction of sp³-hybridized carbons (Fsp3) is 0.429. The standard InChI is InChI=1S/C14H16Cl2N2O4/c1-21-13-10(16)3-2-9(15)12(13)14(20)17-4-5-18-6-7-22-8-11(18)19/h2-3H,4-8H2,1H3,(H,17,20). The minimum absolute atomic E-state index is 0.0844. The number of halogens is 2. The highest BCUT2D eigenvalue weighted by Gasteiger charge is 2.21. The number of rotatable bonds is 5. The predicted octanol–water partition coefficient (Wildman–Crippen LogP) is 1.59. The van der Waals surface area contributed by atoms with E-state index in [9.17, 15) is 9.59 Å². The molecule has 2 rings (SSSR count). The lowest BCUT2D eigenvalue weighted by molar-refractivity contribution is -0.142. The molecule has 1 aliphatic rings. The molecular formula is C14H16Cl2N2O4. The third-order valence-electron chi connectivity index (χ3n) is 3.24. The van der Waals surface area contributed by atoms with Crippen LogP contribution >= 0.6 is 23.2 Å². The van der Waals surface area contributed by atoms with Gasteiger partial charge < -0.3 is 19.7 Å². The van der Waals surface area contributed by atoms with Gasteiger partial charge >= 0.3 is 0 Å². The molecule has 0 aliphatic carbocycles. The summed E-state index contributed by atoms with van der Waals surface area (Å²) in [5, 5.41) is 3.27. The number of carbonyl (C=O) groups is 2. The summed E-state index contributed by atoms with van der Waals surface area (Å²) in [4.78, 5) is 25.5. The Morgan fingerprint density at radius 1 is 1.41 bits per heavy atom. The minimum Gasteiger partial charge on any atom is -0.494 e. The van der Waals surface area contributed by atoms with Gasteiger partial charge in [0.05, 0.1) is 23.8 Å². The molecule has 1 saturated heterocycles. The maximum absolute atomic E-state index is 12.3. The van der Waals surface area contributed by atoms with Crippen LogP contribution in [0.15, 0.2) is 12.1 Å². The number of ether oxygens (including phenoxy) is 2. The molecular weight excluding hydrogens is 331 g/mol. The van der Waals surface area contributed by atoms with E-state index < -0.39 is 5.91 Å². The molecule has 8 heteroatoms. The van der Waals surface area contributed by atoms with Gasteiger partial charge in [0.1, 0.15) is 12.2 Å². The van der Waals surface area contributed by atoms with Crippen molar-refractivity contribution >= 4 is 35.0 Å². The zero-order valence-corrected chi connectivity index (χ0v) is 13.5. The lowest BCUT2D eigenvalue weighted by Crippen LogP contribution is -2.45. The molecule has 0 radical (unpaired) electrons. The number of hydrogen-bond acceptors (Lipinski definition) is 4. The Balaban J connectivity index is 1.98. The number of nitrogens with zero attached hydrogens (tertiary/aromatic N) is 1. The summed E-state index contributed by atoms with van der Waals surface area (Å²) in [7, 11) is 1.42. The smallest absolute Gasteiger partial charge is 0.256 e. The Hall–Kier alpha value is -1.50. The molecule has 1 aliphatic heterocycles. The first-order valence-corrected chi connectivity index (χ1v) is 7.46. The van der Waals surface area contributed by atoms with Crippen molar-refractivity contribution in [2.75, 3.05) is 40.0 Å². The first-order valence-electron chi connectivity index (χ1n) is 6.70. The normalized spacial score (nSPS) is 14.9. The van der Waals surface area contributed by atoms with Gasteiger partial charge in [-0.25, -0.2) is 0 Å². The highest BCUT2D eigenvalue weighted by Crippen LogP contribution is 2.33. The van der Waals surface area contributed by atoms with E-state index in [0.717, 1.165) is 0 Å². The molecule has 0 saturated carbocycles. The fourth-order valence-corrected chi connectivity index (χ4v) is 2.59. The van der Waals surface area contributed by atoms with Crippen molar-refractivity contribution in [1.29, 1.82) is 0 Å². The molecule has 22 heavy (non-hydrogen) atoms. The van der Waals surface area contributed by atoms with E-state index in [2.05, 4.69) is 5.32 Å². The number of carbonyl (C=O) groups excluding carboxylic acids is 2. The molecule has 1 aromatic rings. The topological polar surface area (TPSA) is 67.9 Å². The van der Waals surface area contributed by atoms with Crippen molar-refractivity contribution in [3.05, 3.63) is 27.7 Å². The van der Waals surface area contributed by atoms with Crippen molar-refractivity contribution in [2.45, 2.75) is 0 Å². The molecule has 1 aromatic carbocycles. The van der Waals surface area contributed by atoms with Gasteiger partial charge in [0.25, 0.3) is 5.91 Å². The van der Waals surface area contributed by atoms with Gasteiger partial charge in [0.15, 0.2) is 5.75 Å². The second-order valence-electron chi connectivity index (χ2n) is 4.63. The van der Waals surface area contributed by atoms with Crippen molar-refractivity contribution in [3.63, 3.8) is 0 Å². The second-order valence-corrected chi connectivity index (χ2v) is 5.44. The highest BCUT2D eigenvalue weighted by atomic mass is 35.5. The van der Waals surface area contributed by atoms with Gasteiger partial charge in [-0.15, -0.1) is 0 Å². The van der Waals surface area contributed by atoms with Crippen LogP contribution in [0.3, 0.4) is 0 Å². The van der Waals surface area contributed by atoms with Crippen molar-refractivity contribution in [1.82, 2.24) is 10.2 Å². The molecule has 1 heterocycles. The van der Waals surface area contributed by atoms with Crippen LogP contribution in [0.25, 0.3) is 0 Å². The van der Waals surface area contributed by atoms with Crippen molar-refractivity contribution in [2.24, 2.45) is 0 Å². The Morgan fingerprint density at radius 2 is 2.14 bits per heavy atom. The Labute approximate surface area is 138 Å². The number of methoxy groups -OCH3 is 1. The zero-order chi connectivity index (χ0) is 16.1. The number of benzene rings is 1. The van der Waals surface area contributed by atoms with Crippen LogP contribution in [0, 0.1) is 0 Å². The van der Waals surface area contributed by atoms with Gasteiger partial charge in [-0.1, -0.05) is 23.2 Å². The average molecular weight is 347 g/mol. The van der Waals surface area contributed by atoms with E-state index >= 15 is 0 Å². The van der Waals surface area contributed by atoms with E-state index in [4.69, 9.17) is 32.7 Å². The first kappa shape index (κ1) is 16.9. The number of nitrogens with one attached hydrogen (secondary N) is 1. The van der Waals surface area contributed by atoms with Crippen LogP contribution in [0.5, 0.6) is 5.75 Å². The number of hydrogen-bond donors (Lipinski definition) is 1. The van der Waals surface area contributed by atoms with E-state index in [1.165, 1.54) is 13.2 Å². The number of morpholine rings is 1. The van der Waals surface area contributed by atoms with Crippen molar-refractivity contribution < 1.29 is 19.1 Å². The van der Waals surface area contributed by atoms with Crippen LogP contribution < -0.4 is 10.1 Å². The summed E-state index contributed by atoms with van der Waals surface area (Å²) in [6.45, 7) is 1.83. The van der Waals surface area contributed by atoms with Gasteiger partial charge in [-0.3, -0.25) is 9.59 Å². The monoisotopic (exact) mass is 346 g/mol. The number of amides is 2. The second kappa shape index (κ2) is 7.67. The minimum atomic E-state index is -0.398. The van der Waals surface area contributed by atoms with Crippen LogP contribution in [0.1, 0.15) is 10.4 Å². The van der Waals surface area contributed by atoms with Gasteiger partial charge in [-0.05, 0) is 12.1 Å². The van der Waals surface area contributed by atoms with Gasteiger partial charge in [0.2, 0.25) is 5.91 Å². The van der Waals surface area contributed by atoms with Gasteiger partial charge in [-0.2, -0.15) is 0 Å². The largest absolute Gasteiger partial charge is 0.494 e.